The van der Waals surface area contributed by atoms with E-state index in [0.29, 0.717) is 0 Å². The van der Waals surface area contributed by atoms with Gasteiger partial charge in [-0.2, -0.15) is 20.5 Å². The number of aromatic amines is 1. The molecule has 0 radical (unpaired) electrons. The van der Waals surface area contributed by atoms with E-state index in [-0.39, 0.29) is 0 Å². The Hall–Kier alpha value is -1.98. The highest BCUT2D eigenvalue weighted by atomic mass is 15.3. The number of nitrogens with zero attached hydrogens (tertiary/aromatic N) is 4. The number of nitrogens with one attached hydrogen (secondary N) is 2. The number of H-pyrrole nitrogens is 1. The van der Waals surface area contributed by atoms with Crippen molar-refractivity contribution in [2.75, 3.05) is 11.9 Å². The maximum atomic E-state index is 3.99. The molecule has 0 aliphatic rings. The third-order valence-electron chi connectivity index (χ3n) is 1.95. The molecule has 6 nitrogen and oxygen atoms in total. The van der Waals surface area contributed by atoms with Crippen LogP contribution >= 0.6 is 0 Å². The number of rotatable bonds is 4. The summed E-state index contributed by atoms with van der Waals surface area (Å²) in [6.45, 7) is 2.68. The van der Waals surface area contributed by atoms with E-state index in [1.54, 1.807) is 6.20 Å². The molecule has 0 amide bonds. The van der Waals surface area contributed by atoms with Crippen LogP contribution in [0.1, 0.15) is 11.4 Å². The normalized spacial score (nSPS) is 10.2. The van der Waals surface area contributed by atoms with Crippen LogP contribution in [0.25, 0.3) is 0 Å². The lowest BCUT2D eigenvalue weighted by Crippen LogP contribution is -2.07. The van der Waals surface area contributed by atoms with E-state index in [9.17, 15) is 0 Å². The first-order chi connectivity index (χ1) is 7.34. The molecule has 78 valence electrons. The first-order valence-corrected chi connectivity index (χ1v) is 4.73. The van der Waals surface area contributed by atoms with Crippen molar-refractivity contribution in [2.45, 2.75) is 13.3 Å². The SMILES string of the molecule is Cc1ccc(NCCc2cn[nH]n2)nn1. The Labute approximate surface area is 87.1 Å². The molecule has 2 N–H and O–H groups in total. The van der Waals surface area contributed by atoms with Gasteiger partial charge in [-0.3, -0.25) is 0 Å². The van der Waals surface area contributed by atoms with Crippen LogP contribution in [0.3, 0.4) is 0 Å². The lowest BCUT2D eigenvalue weighted by molar-refractivity contribution is 0.884. The summed E-state index contributed by atoms with van der Waals surface area (Å²) in [5, 5.41) is 21.3. The summed E-state index contributed by atoms with van der Waals surface area (Å²) in [6.07, 6.45) is 2.52. The number of aromatic nitrogens is 5. The zero-order valence-corrected chi connectivity index (χ0v) is 8.44. The Balaban J connectivity index is 1.81. The van der Waals surface area contributed by atoms with Crippen molar-refractivity contribution in [3.8, 4) is 0 Å². The van der Waals surface area contributed by atoms with Crippen LogP contribution in [0.5, 0.6) is 0 Å². The number of hydrogen-bond donors (Lipinski definition) is 2. The molecule has 2 aromatic heterocycles. The molecule has 2 heterocycles. The largest absolute Gasteiger partial charge is 0.368 e. The van der Waals surface area contributed by atoms with Gasteiger partial charge in [0.05, 0.1) is 17.6 Å². The fourth-order valence-corrected chi connectivity index (χ4v) is 1.16. The van der Waals surface area contributed by atoms with E-state index in [2.05, 4.69) is 30.9 Å². The molecule has 0 saturated carbocycles. The van der Waals surface area contributed by atoms with Gasteiger partial charge in [0.25, 0.3) is 0 Å². The summed E-state index contributed by atoms with van der Waals surface area (Å²) in [4.78, 5) is 0. The molecule has 2 rings (SSSR count). The van der Waals surface area contributed by atoms with Crippen LogP contribution in [0, 0.1) is 6.92 Å². The van der Waals surface area contributed by atoms with Crippen molar-refractivity contribution >= 4 is 5.82 Å². The van der Waals surface area contributed by atoms with Gasteiger partial charge in [0.2, 0.25) is 0 Å². The van der Waals surface area contributed by atoms with Crippen LogP contribution in [0.15, 0.2) is 18.3 Å². The van der Waals surface area contributed by atoms with Gasteiger partial charge in [-0.1, -0.05) is 0 Å². The minimum Gasteiger partial charge on any atom is -0.368 e. The summed E-state index contributed by atoms with van der Waals surface area (Å²) in [6, 6.07) is 3.83. The molecular weight excluding hydrogens is 192 g/mol. The van der Waals surface area contributed by atoms with Crippen molar-refractivity contribution in [1.82, 2.24) is 25.6 Å². The van der Waals surface area contributed by atoms with Crippen LogP contribution in [0.4, 0.5) is 5.82 Å². The monoisotopic (exact) mass is 204 g/mol. The van der Waals surface area contributed by atoms with Gasteiger partial charge in [0, 0.05) is 13.0 Å². The van der Waals surface area contributed by atoms with Gasteiger partial charge >= 0.3 is 0 Å². The maximum Gasteiger partial charge on any atom is 0.148 e. The summed E-state index contributed by atoms with van der Waals surface area (Å²) in [5.74, 6) is 0.782. The highest BCUT2D eigenvalue weighted by Gasteiger charge is 1.97. The van der Waals surface area contributed by atoms with Crippen LogP contribution in [-0.2, 0) is 6.42 Å². The number of aryl methyl sites for hydroxylation is 1. The first-order valence-electron chi connectivity index (χ1n) is 4.73. The van der Waals surface area contributed by atoms with E-state index in [4.69, 9.17) is 0 Å². The van der Waals surface area contributed by atoms with Gasteiger partial charge < -0.3 is 5.32 Å². The molecule has 0 bridgehead atoms. The number of anilines is 1. The van der Waals surface area contributed by atoms with E-state index < -0.39 is 0 Å². The van der Waals surface area contributed by atoms with Crippen LogP contribution < -0.4 is 5.32 Å². The Morgan fingerprint density at radius 3 is 2.93 bits per heavy atom. The Morgan fingerprint density at radius 1 is 1.33 bits per heavy atom. The third-order valence-corrected chi connectivity index (χ3v) is 1.95. The molecule has 0 aliphatic heterocycles. The summed E-state index contributed by atoms with van der Waals surface area (Å²) >= 11 is 0. The zero-order chi connectivity index (χ0) is 10.5. The van der Waals surface area contributed by atoms with Gasteiger partial charge in [-0.15, -0.1) is 5.10 Å². The fourth-order valence-electron chi connectivity index (χ4n) is 1.16. The molecule has 0 saturated heterocycles. The molecule has 15 heavy (non-hydrogen) atoms. The molecule has 0 aromatic carbocycles. The minimum atomic E-state index is 0.768. The summed E-state index contributed by atoms with van der Waals surface area (Å²) in [5.41, 5.74) is 1.85. The van der Waals surface area contributed by atoms with Gasteiger partial charge in [0.15, 0.2) is 0 Å². The quantitative estimate of drug-likeness (QED) is 0.760. The van der Waals surface area contributed by atoms with E-state index in [1.807, 2.05) is 19.1 Å². The average Bonchev–Trinajstić information content (AvgIpc) is 2.74. The molecular formula is C9H12N6. The summed E-state index contributed by atoms with van der Waals surface area (Å²) < 4.78 is 0. The lowest BCUT2D eigenvalue weighted by Gasteiger charge is -2.02. The van der Waals surface area contributed by atoms with Crippen molar-refractivity contribution < 1.29 is 0 Å². The fraction of sp³-hybridized carbons (Fsp3) is 0.333. The molecule has 2 aromatic rings. The topological polar surface area (TPSA) is 79.4 Å². The maximum absolute atomic E-state index is 3.99. The lowest BCUT2D eigenvalue weighted by atomic mass is 10.3. The van der Waals surface area contributed by atoms with Crippen molar-refractivity contribution in [3.05, 3.63) is 29.7 Å². The Bertz CT molecular complexity index is 393. The average molecular weight is 204 g/mol. The van der Waals surface area contributed by atoms with Gasteiger partial charge in [-0.05, 0) is 19.1 Å². The van der Waals surface area contributed by atoms with Crippen LogP contribution in [0.2, 0.25) is 0 Å². The predicted octanol–water partition coefficient (Wildman–Crippen LogP) is 0.558. The van der Waals surface area contributed by atoms with E-state index >= 15 is 0 Å². The number of hydrogen-bond acceptors (Lipinski definition) is 5. The van der Waals surface area contributed by atoms with Crippen LogP contribution in [-0.4, -0.2) is 32.2 Å². The molecule has 0 atom stereocenters. The second-order valence-electron chi connectivity index (χ2n) is 3.20. The molecule has 0 fully saturated rings. The minimum absolute atomic E-state index is 0.768. The Morgan fingerprint density at radius 2 is 2.27 bits per heavy atom. The highest BCUT2D eigenvalue weighted by Crippen LogP contribution is 2.01. The summed E-state index contributed by atoms with van der Waals surface area (Å²) in [7, 11) is 0. The second kappa shape index (κ2) is 4.50. The highest BCUT2D eigenvalue weighted by molar-refractivity contribution is 5.32. The molecule has 0 unspecified atom stereocenters. The molecule has 0 spiro atoms. The first kappa shape index (κ1) is 9.57. The van der Waals surface area contributed by atoms with E-state index in [1.165, 1.54) is 0 Å². The van der Waals surface area contributed by atoms with E-state index in [0.717, 1.165) is 30.2 Å². The molecule has 6 heteroatoms. The standard InChI is InChI=1S/C9H12N6/c1-7-2-3-9(14-12-7)10-5-4-8-6-11-15-13-8/h2-3,6H,4-5H2,1H3,(H,10,14)(H,11,13,15). The van der Waals surface area contributed by atoms with Gasteiger partial charge in [-0.25, -0.2) is 0 Å². The second-order valence-corrected chi connectivity index (χ2v) is 3.20. The third kappa shape index (κ3) is 2.73. The van der Waals surface area contributed by atoms with Crippen molar-refractivity contribution in [2.24, 2.45) is 0 Å². The Kier molecular flexibility index (Phi) is 2.87. The zero-order valence-electron chi connectivity index (χ0n) is 8.44. The predicted molar refractivity (Wildman–Crippen MR) is 55.3 cm³/mol. The van der Waals surface area contributed by atoms with Gasteiger partial charge in [0.1, 0.15) is 5.82 Å². The smallest absolute Gasteiger partial charge is 0.148 e. The van der Waals surface area contributed by atoms with Crippen molar-refractivity contribution in [3.63, 3.8) is 0 Å². The molecule has 0 aliphatic carbocycles. The van der Waals surface area contributed by atoms with Crippen molar-refractivity contribution in [1.29, 1.82) is 0 Å².